The number of methoxy groups -OCH3 is 1. The van der Waals surface area contributed by atoms with Gasteiger partial charge in [0.1, 0.15) is 6.07 Å². The van der Waals surface area contributed by atoms with Gasteiger partial charge in [-0.15, -0.1) is 0 Å². The molecule has 0 amide bonds. The number of aromatic nitrogens is 1. The van der Waals surface area contributed by atoms with E-state index < -0.39 is 35.9 Å². The Bertz CT molecular complexity index is 483. The molecule has 0 aliphatic carbocycles. The van der Waals surface area contributed by atoms with Gasteiger partial charge in [-0.3, -0.25) is 4.79 Å². The van der Waals surface area contributed by atoms with Gasteiger partial charge >= 0.3 is 5.97 Å². The second kappa shape index (κ2) is 5.30. The summed E-state index contributed by atoms with van der Waals surface area (Å²) in [5.41, 5.74) is -1.70. The predicted molar refractivity (Wildman–Crippen MR) is 49.6 cm³/mol. The fourth-order valence-electron chi connectivity index (χ4n) is 1.16. The molecule has 0 bridgehead atoms. The molecule has 0 atom stereocenters. The van der Waals surface area contributed by atoms with Crippen LogP contribution in [0.5, 0.6) is 0 Å². The van der Waals surface area contributed by atoms with Crippen LogP contribution in [-0.4, -0.2) is 18.1 Å². The Morgan fingerprint density at radius 1 is 1.65 bits per heavy atom. The number of hydrogen-bond donors (Lipinski definition) is 0. The molecule has 0 spiro atoms. The third-order valence-electron chi connectivity index (χ3n) is 1.97. The van der Waals surface area contributed by atoms with Crippen molar-refractivity contribution >= 4 is 5.97 Å². The number of carbonyl (C=O) groups is 1. The molecule has 7 heteroatoms. The molecule has 0 aliphatic heterocycles. The summed E-state index contributed by atoms with van der Waals surface area (Å²) in [7, 11) is 1.08. The van der Waals surface area contributed by atoms with E-state index in [0.717, 1.165) is 7.11 Å². The predicted octanol–water partition coefficient (Wildman–Crippen LogP) is 1.75. The first kappa shape index (κ1) is 13.0. The number of nitrogens with zero attached hydrogens (tertiary/aromatic N) is 2. The van der Waals surface area contributed by atoms with Gasteiger partial charge in [-0.25, -0.2) is 18.2 Å². The highest BCUT2D eigenvalue weighted by Gasteiger charge is 2.20. The van der Waals surface area contributed by atoms with Crippen LogP contribution in [-0.2, 0) is 16.0 Å². The van der Waals surface area contributed by atoms with E-state index in [-0.39, 0.29) is 5.69 Å². The minimum Gasteiger partial charge on any atom is -0.469 e. The van der Waals surface area contributed by atoms with Gasteiger partial charge in [-0.05, 0) is 6.07 Å². The number of ether oxygens (including phenoxy) is 1. The molecular weight excluding hydrogens is 237 g/mol. The monoisotopic (exact) mass is 244 g/mol. The molecule has 0 radical (unpaired) electrons. The average Bonchev–Trinajstić information content (AvgIpc) is 2.30. The smallest absolute Gasteiger partial charge is 0.311 e. The van der Waals surface area contributed by atoms with E-state index >= 15 is 0 Å². The first-order valence-electron chi connectivity index (χ1n) is 4.44. The summed E-state index contributed by atoms with van der Waals surface area (Å²) < 4.78 is 42.5. The zero-order valence-electron chi connectivity index (χ0n) is 8.71. The minimum absolute atomic E-state index is 0.357. The molecule has 0 saturated carbocycles. The highest BCUT2D eigenvalue weighted by atomic mass is 19.3. The molecule has 90 valence electrons. The summed E-state index contributed by atoms with van der Waals surface area (Å²) in [6.07, 6.45) is -3.52. The van der Waals surface area contributed by atoms with E-state index in [1.807, 2.05) is 0 Å². The van der Waals surface area contributed by atoms with Gasteiger partial charge in [0, 0.05) is 5.56 Å². The Labute approximate surface area is 94.6 Å². The van der Waals surface area contributed by atoms with Crippen molar-refractivity contribution in [1.29, 1.82) is 5.26 Å². The Balaban J connectivity index is 3.25. The third-order valence-corrected chi connectivity index (χ3v) is 1.97. The molecule has 0 saturated heterocycles. The van der Waals surface area contributed by atoms with Crippen molar-refractivity contribution in [1.82, 2.24) is 4.98 Å². The maximum absolute atomic E-state index is 13.1. The Morgan fingerprint density at radius 2 is 2.29 bits per heavy atom. The molecule has 0 unspecified atom stereocenters. The number of pyridine rings is 1. The molecule has 0 N–H and O–H groups in total. The van der Waals surface area contributed by atoms with Crippen molar-refractivity contribution in [3.8, 4) is 6.07 Å². The van der Waals surface area contributed by atoms with Crippen LogP contribution >= 0.6 is 0 Å². The lowest BCUT2D eigenvalue weighted by Crippen LogP contribution is -2.11. The van der Waals surface area contributed by atoms with Crippen LogP contribution in [0.2, 0.25) is 0 Å². The largest absolute Gasteiger partial charge is 0.469 e. The molecule has 1 heterocycles. The van der Waals surface area contributed by atoms with Gasteiger partial charge in [-0.1, -0.05) is 0 Å². The number of carbonyl (C=O) groups excluding carboxylic acids is 1. The van der Waals surface area contributed by atoms with E-state index in [1.54, 1.807) is 0 Å². The number of halogens is 3. The van der Waals surface area contributed by atoms with Gasteiger partial charge < -0.3 is 4.74 Å². The van der Waals surface area contributed by atoms with E-state index in [1.165, 1.54) is 6.07 Å². The molecule has 1 aromatic heterocycles. The Morgan fingerprint density at radius 3 is 2.76 bits per heavy atom. The lowest BCUT2D eigenvalue weighted by molar-refractivity contribution is -0.139. The standard InChI is InChI=1S/C10H7F3N2O2/c1-17-9(16)3-7-5(10(12)13)2-6(11)8(4-14)15-7/h2,10H,3H2,1H3. The molecule has 4 nitrogen and oxygen atoms in total. The van der Waals surface area contributed by atoms with Crippen LogP contribution in [0.25, 0.3) is 0 Å². The van der Waals surface area contributed by atoms with Gasteiger partial charge in [-0.2, -0.15) is 5.26 Å². The number of rotatable bonds is 3. The molecule has 17 heavy (non-hydrogen) atoms. The van der Waals surface area contributed by atoms with Crippen molar-refractivity contribution in [2.24, 2.45) is 0 Å². The number of nitriles is 1. The number of esters is 1. The highest BCUT2D eigenvalue weighted by molar-refractivity contribution is 5.72. The molecule has 1 rings (SSSR count). The van der Waals surface area contributed by atoms with Crippen molar-refractivity contribution < 1.29 is 22.7 Å². The van der Waals surface area contributed by atoms with Gasteiger partial charge in [0.2, 0.25) is 0 Å². The molecule has 0 aromatic carbocycles. The van der Waals surface area contributed by atoms with Crippen LogP contribution in [0, 0.1) is 17.1 Å². The normalized spacial score (nSPS) is 10.1. The van der Waals surface area contributed by atoms with Crippen LogP contribution in [0.3, 0.4) is 0 Å². The lowest BCUT2D eigenvalue weighted by Gasteiger charge is -2.07. The zero-order valence-corrected chi connectivity index (χ0v) is 8.71. The first-order valence-corrected chi connectivity index (χ1v) is 4.44. The number of hydrogen-bond acceptors (Lipinski definition) is 4. The number of alkyl halides is 2. The quantitative estimate of drug-likeness (QED) is 0.760. The molecular formula is C10H7F3N2O2. The van der Waals surface area contributed by atoms with Crippen LogP contribution < -0.4 is 0 Å². The minimum atomic E-state index is -2.98. The van der Waals surface area contributed by atoms with E-state index in [2.05, 4.69) is 9.72 Å². The van der Waals surface area contributed by atoms with Crippen molar-refractivity contribution in [2.75, 3.05) is 7.11 Å². The fourth-order valence-corrected chi connectivity index (χ4v) is 1.16. The first-order chi connectivity index (χ1) is 7.99. The van der Waals surface area contributed by atoms with E-state index in [4.69, 9.17) is 5.26 Å². The van der Waals surface area contributed by atoms with Crippen molar-refractivity contribution in [3.63, 3.8) is 0 Å². The summed E-state index contributed by atoms with van der Waals surface area (Å²) in [6, 6.07) is 1.92. The summed E-state index contributed by atoms with van der Waals surface area (Å²) in [5, 5.41) is 8.51. The zero-order chi connectivity index (χ0) is 13.0. The van der Waals surface area contributed by atoms with Crippen molar-refractivity contribution in [3.05, 3.63) is 28.8 Å². The Kier molecular flexibility index (Phi) is 4.04. The van der Waals surface area contributed by atoms with Gasteiger partial charge in [0.05, 0.1) is 19.2 Å². The maximum Gasteiger partial charge on any atom is 0.311 e. The summed E-state index contributed by atoms with van der Waals surface area (Å²) in [4.78, 5) is 14.3. The topological polar surface area (TPSA) is 63.0 Å². The molecule has 1 aromatic rings. The molecule has 0 fully saturated rings. The van der Waals surface area contributed by atoms with Crippen LogP contribution in [0.15, 0.2) is 6.07 Å². The summed E-state index contributed by atoms with van der Waals surface area (Å²) in [6.45, 7) is 0. The molecule has 0 aliphatic rings. The van der Waals surface area contributed by atoms with Crippen molar-refractivity contribution in [2.45, 2.75) is 12.8 Å². The maximum atomic E-state index is 13.1. The lowest BCUT2D eigenvalue weighted by atomic mass is 10.1. The summed E-state index contributed by atoms with van der Waals surface area (Å²) in [5.74, 6) is -1.94. The van der Waals surface area contributed by atoms with E-state index in [0.29, 0.717) is 6.07 Å². The fraction of sp³-hybridized carbons (Fsp3) is 0.300. The highest BCUT2D eigenvalue weighted by Crippen LogP contribution is 2.24. The van der Waals surface area contributed by atoms with Gasteiger partial charge in [0.15, 0.2) is 11.5 Å². The average molecular weight is 244 g/mol. The summed E-state index contributed by atoms with van der Waals surface area (Å²) >= 11 is 0. The van der Waals surface area contributed by atoms with Crippen LogP contribution in [0.4, 0.5) is 13.2 Å². The van der Waals surface area contributed by atoms with Crippen LogP contribution in [0.1, 0.15) is 23.4 Å². The van der Waals surface area contributed by atoms with Gasteiger partial charge in [0.25, 0.3) is 6.43 Å². The Hall–Kier alpha value is -2.10. The van der Waals surface area contributed by atoms with E-state index in [9.17, 15) is 18.0 Å². The second-order valence-corrected chi connectivity index (χ2v) is 3.02. The second-order valence-electron chi connectivity index (χ2n) is 3.02. The SMILES string of the molecule is COC(=O)Cc1nc(C#N)c(F)cc1C(F)F. The third kappa shape index (κ3) is 2.93.